The molecule has 0 spiro atoms. The highest BCUT2D eigenvalue weighted by atomic mass is 16.5. The van der Waals surface area contributed by atoms with Crippen LogP contribution in [0.4, 0.5) is 5.69 Å². The van der Waals surface area contributed by atoms with Gasteiger partial charge in [0, 0.05) is 13.0 Å². The van der Waals surface area contributed by atoms with Crippen LogP contribution >= 0.6 is 0 Å². The molecule has 0 fully saturated rings. The second kappa shape index (κ2) is 7.52. The van der Waals surface area contributed by atoms with E-state index in [1.54, 1.807) is 18.2 Å². The van der Waals surface area contributed by atoms with Gasteiger partial charge >= 0.3 is 6.01 Å². The van der Waals surface area contributed by atoms with E-state index >= 15 is 0 Å². The Bertz CT molecular complexity index is 937. The van der Waals surface area contributed by atoms with Gasteiger partial charge in [-0.3, -0.25) is 14.2 Å². The monoisotopic (exact) mass is 339 g/mol. The number of amides is 1. The number of carbonyl (C=O) groups excluding carboxylic acids is 1. The Hall–Kier alpha value is -3.29. The number of ether oxygens (including phenoxy) is 1. The number of benzene rings is 1. The fraction of sp³-hybridized carbons (Fsp3) is 0.235. The number of rotatable bonds is 6. The molecule has 0 saturated carbocycles. The number of para-hydroxylation sites is 1. The number of fused-ring (bicyclic) bond motifs is 1. The van der Waals surface area contributed by atoms with Crippen LogP contribution in [-0.2, 0) is 11.3 Å². The Kier molecular flexibility index (Phi) is 4.98. The van der Waals surface area contributed by atoms with E-state index in [1.807, 2.05) is 13.0 Å². The lowest BCUT2D eigenvalue weighted by molar-refractivity contribution is -0.116. The summed E-state index contributed by atoms with van der Waals surface area (Å²) in [6.07, 6.45) is 4.53. The molecule has 8 nitrogen and oxygen atoms in total. The first-order valence-corrected chi connectivity index (χ1v) is 7.86. The summed E-state index contributed by atoms with van der Waals surface area (Å²) in [6, 6.07) is 7.37. The summed E-state index contributed by atoms with van der Waals surface area (Å²) in [5, 5.41) is 3.22. The molecule has 8 heteroatoms. The molecule has 25 heavy (non-hydrogen) atoms. The highest BCUT2D eigenvalue weighted by molar-refractivity contribution is 5.90. The number of aryl methyl sites for hydroxylation is 1. The van der Waals surface area contributed by atoms with Crippen LogP contribution in [0.3, 0.4) is 0 Å². The topological polar surface area (TPSA) is 99.0 Å². The van der Waals surface area contributed by atoms with Crippen LogP contribution in [0.5, 0.6) is 6.01 Å². The number of anilines is 1. The summed E-state index contributed by atoms with van der Waals surface area (Å²) >= 11 is 0. The minimum atomic E-state index is -0.243. The molecule has 1 amide bonds. The number of hydrogen-bond donors (Lipinski definition) is 1. The first-order chi connectivity index (χ1) is 12.2. The maximum absolute atomic E-state index is 12.4. The van der Waals surface area contributed by atoms with Crippen LogP contribution in [-0.4, -0.2) is 32.0 Å². The Morgan fingerprint density at radius 3 is 2.72 bits per heavy atom. The van der Waals surface area contributed by atoms with Crippen molar-refractivity contribution < 1.29 is 9.53 Å². The van der Waals surface area contributed by atoms with E-state index in [2.05, 4.69) is 20.3 Å². The lowest BCUT2D eigenvalue weighted by Gasteiger charge is -2.08. The normalized spacial score (nSPS) is 10.6. The molecule has 0 bridgehead atoms. The van der Waals surface area contributed by atoms with Crippen LogP contribution in [0.1, 0.15) is 13.3 Å². The molecule has 2 heterocycles. The maximum Gasteiger partial charge on any atom is 0.316 e. The van der Waals surface area contributed by atoms with Gasteiger partial charge in [0.15, 0.2) is 0 Å². The molecule has 0 radical (unpaired) electrons. The lowest BCUT2D eigenvalue weighted by atomic mass is 10.2. The molecule has 0 unspecified atom stereocenters. The lowest BCUT2D eigenvalue weighted by Crippen LogP contribution is -2.23. The molecule has 2 aromatic heterocycles. The van der Waals surface area contributed by atoms with E-state index in [0.717, 1.165) is 0 Å². The highest BCUT2D eigenvalue weighted by Gasteiger charge is 2.07. The molecule has 3 aromatic rings. The summed E-state index contributed by atoms with van der Waals surface area (Å²) in [5.41, 5.74) is 0.944. The molecule has 0 saturated heterocycles. The summed E-state index contributed by atoms with van der Waals surface area (Å²) in [5.74, 6) is -0.243. The quantitative estimate of drug-likeness (QED) is 0.732. The fourth-order valence-electron chi connectivity index (χ4n) is 2.30. The first-order valence-electron chi connectivity index (χ1n) is 7.86. The van der Waals surface area contributed by atoms with Crippen LogP contribution in [0, 0.1) is 0 Å². The predicted molar refractivity (Wildman–Crippen MR) is 92.5 cm³/mol. The molecule has 0 aliphatic carbocycles. The smallest absolute Gasteiger partial charge is 0.316 e. The van der Waals surface area contributed by atoms with Crippen molar-refractivity contribution in [3.05, 3.63) is 53.3 Å². The molecule has 3 rings (SSSR count). The van der Waals surface area contributed by atoms with Gasteiger partial charge in [0.2, 0.25) is 5.91 Å². The fourth-order valence-corrected chi connectivity index (χ4v) is 2.30. The Labute approximate surface area is 143 Å². The Balaban J connectivity index is 1.62. The van der Waals surface area contributed by atoms with Crippen molar-refractivity contribution in [2.45, 2.75) is 19.9 Å². The van der Waals surface area contributed by atoms with E-state index < -0.39 is 0 Å². The van der Waals surface area contributed by atoms with Gasteiger partial charge in [0.25, 0.3) is 5.56 Å². The minimum Gasteiger partial charge on any atom is -0.464 e. The van der Waals surface area contributed by atoms with E-state index in [4.69, 9.17) is 4.74 Å². The summed E-state index contributed by atoms with van der Waals surface area (Å²) < 4.78 is 6.57. The van der Waals surface area contributed by atoms with Gasteiger partial charge in [-0.25, -0.2) is 15.0 Å². The average Bonchev–Trinajstić information content (AvgIpc) is 2.63. The van der Waals surface area contributed by atoms with E-state index in [0.29, 0.717) is 23.2 Å². The second-order valence-corrected chi connectivity index (χ2v) is 5.25. The van der Waals surface area contributed by atoms with Gasteiger partial charge in [-0.2, -0.15) is 0 Å². The second-order valence-electron chi connectivity index (χ2n) is 5.25. The first kappa shape index (κ1) is 16.6. The van der Waals surface area contributed by atoms with Crippen LogP contribution < -0.4 is 15.6 Å². The zero-order valence-electron chi connectivity index (χ0n) is 13.7. The third kappa shape index (κ3) is 3.97. The summed E-state index contributed by atoms with van der Waals surface area (Å²) in [4.78, 5) is 36.6. The Morgan fingerprint density at radius 2 is 1.96 bits per heavy atom. The zero-order valence-corrected chi connectivity index (χ0v) is 13.7. The predicted octanol–water partition coefficient (Wildman–Crippen LogP) is 1.61. The third-order valence-electron chi connectivity index (χ3n) is 3.50. The minimum absolute atomic E-state index is 0.132. The molecule has 0 atom stereocenters. The van der Waals surface area contributed by atoms with Crippen LogP contribution in [0.25, 0.3) is 10.9 Å². The zero-order chi connectivity index (χ0) is 17.6. The SMILES string of the molecule is CCOc1ncc(NC(=O)CCn2cnc3ccccc3c2=O)cn1. The highest BCUT2D eigenvalue weighted by Crippen LogP contribution is 2.08. The molecular weight excluding hydrogens is 322 g/mol. The van der Waals surface area contributed by atoms with E-state index in [1.165, 1.54) is 23.3 Å². The number of nitrogens with one attached hydrogen (secondary N) is 1. The average molecular weight is 339 g/mol. The molecule has 1 N–H and O–H groups in total. The van der Waals surface area contributed by atoms with Crippen molar-refractivity contribution in [2.24, 2.45) is 0 Å². The van der Waals surface area contributed by atoms with Crippen molar-refractivity contribution in [3.63, 3.8) is 0 Å². The van der Waals surface area contributed by atoms with Gasteiger partial charge in [-0.15, -0.1) is 0 Å². The number of hydrogen-bond acceptors (Lipinski definition) is 6. The maximum atomic E-state index is 12.4. The summed E-state index contributed by atoms with van der Waals surface area (Å²) in [7, 11) is 0. The van der Waals surface area contributed by atoms with Crippen LogP contribution in [0.2, 0.25) is 0 Å². The van der Waals surface area contributed by atoms with E-state index in [9.17, 15) is 9.59 Å². The standard InChI is InChI=1S/C17H17N5O3/c1-2-25-17-18-9-12(10-19-17)21-15(23)7-8-22-11-20-14-6-4-3-5-13(14)16(22)24/h3-6,9-11H,2,7-8H2,1H3,(H,21,23). The molecular formula is C17H17N5O3. The van der Waals surface area contributed by atoms with Crippen molar-refractivity contribution in [1.29, 1.82) is 0 Å². The van der Waals surface area contributed by atoms with Gasteiger partial charge in [0.1, 0.15) is 0 Å². The molecule has 1 aromatic carbocycles. The number of nitrogens with zero attached hydrogens (tertiary/aromatic N) is 4. The van der Waals surface area contributed by atoms with E-state index in [-0.39, 0.29) is 30.4 Å². The molecule has 0 aliphatic rings. The van der Waals surface area contributed by atoms with Gasteiger partial charge in [-0.05, 0) is 19.1 Å². The number of carbonyl (C=O) groups is 1. The van der Waals surface area contributed by atoms with Crippen LogP contribution in [0.15, 0.2) is 47.8 Å². The number of aromatic nitrogens is 4. The van der Waals surface area contributed by atoms with Crippen molar-refractivity contribution in [2.75, 3.05) is 11.9 Å². The van der Waals surface area contributed by atoms with Gasteiger partial charge < -0.3 is 10.1 Å². The van der Waals surface area contributed by atoms with Gasteiger partial charge in [0.05, 0.1) is 41.9 Å². The third-order valence-corrected chi connectivity index (χ3v) is 3.50. The van der Waals surface area contributed by atoms with Gasteiger partial charge in [-0.1, -0.05) is 12.1 Å². The van der Waals surface area contributed by atoms with Crippen molar-refractivity contribution in [3.8, 4) is 6.01 Å². The summed E-state index contributed by atoms with van der Waals surface area (Å²) in [6.45, 7) is 2.54. The Morgan fingerprint density at radius 1 is 1.20 bits per heavy atom. The largest absolute Gasteiger partial charge is 0.464 e. The molecule has 128 valence electrons. The van der Waals surface area contributed by atoms with Crippen molar-refractivity contribution >= 4 is 22.5 Å². The van der Waals surface area contributed by atoms with Crippen molar-refractivity contribution in [1.82, 2.24) is 19.5 Å². The molecule has 0 aliphatic heterocycles.